The van der Waals surface area contributed by atoms with Gasteiger partial charge in [-0.05, 0) is 6.26 Å². The molecular formula is C14H19N3O10S2. The van der Waals surface area contributed by atoms with E-state index in [1.165, 1.54) is 6.26 Å². The van der Waals surface area contributed by atoms with Gasteiger partial charge in [0.05, 0.1) is 0 Å². The number of thioether (sulfide) groups is 1. The Kier molecular flexibility index (Phi) is 7.07. The van der Waals surface area contributed by atoms with Crippen molar-refractivity contribution in [3.8, 4) is 0 Å². The fraction of sp³-hybridized carbons (Fsp3) is 0.643. The van der Waals surface area contributed by atoms with Gasteiger partial charge < -0.3 is 18.9 Å². The number of esters is 3. The molecule has 4 atom stereocenters. The first-order chi connectivity index (χ1) is 13.5. The molecular weight excluding hydrogens is 434 g/mol. The Bertz CT molecular complexity index is 843. The Hall–Kier alpha value is -2.39. The summed E-state index contributed by atoms with van der Waals surface area (Å²) in [6, 6.07) is -1.11. The summed E-state index contributed by atoms with van der Waals surface area (Å²) < 4.78 is 49.3. The fourth-order valence-corrected chi connectivity index (χ4v) is 4.44. The van der Waals surface area contributed by atoms with Crippen LogP contribution in [-0.4, -0.2) is 79.2 Å². The maximum atomic E-state index is 12.5. The lowest BCUT2D eigenvalue weighted by molar-refractivity contribution is -0.166. The summed E-state index contributed by atoms with van der Waals surface area (Å²) in [4.78, 5) is 46.6. The van der Waals surface area contributed by atoms with Crippen molar-refractivity contribution in [3.05, 3.63) is 0 Å². The van der Waals surface area contributed by atoms with Crippen molar-refractivity contribution in [2.24, 2.45) is 4.40 Å². The molecule has 13 nitrogen and oxygen atoms in total. The SMILES string of the molecule is CSC1=NS(=O)(=O)N([C@@H]2O[C@H](COC(C)=O)[C@@H](OC(C)=O)[C@H]2OC(C)=O)C(=O)N1. The van der Waals surface area contributed by atoms with Crippen molar-refractivity contribution < 1.29 is 46.5 Å². The van der Waals surface area contributed by atoms with Crippen LogP contribution in [0.25, 0.3) is 0 Å². The van der Waals surface area contributed by atoms with E-state index < -0.39 is 65.3 Å². The predicted octanol–water partition coefficient (Wildman–Crippen LogP) is -0.873. The highest BCUT2D eigenvalue weighted by atomic mass is 32.2. The second-order valence-electron chi connectivity index (χ2n) is 5.82. The van der Waals surface area contributed by atoms with Crippen LogP contribution in [0.1, 0.15) is 20.8 Å². The molecule has 0 aromatic heterocycles. The van der Waals surface area contributed by atoms with Gasteiger partial charge in [0.2, 0.25) is 0 Å². The number of rotatable bonds is 5. The second kappa shape index (κ2) is 8.96. The number of carbonyl (C=O) groups is 4. The zero-order chi connectivity index (χ0) is 21.9. The number of amides is 2. The molecule has 0 aromatic rings. The number of hydrogen-bond donors (Lipinski definition) is 1. The molecule has 15 heteroatoms. The van der Waals surface area contributed by atoms with Gasteiger partial charge in [-0.2, -0.15) is 12.7 Å². The summed E-state index contributed by atoms with van der Waals surface area (Å²) >= 11 is 0.888. The molecule has 162 valence electrons. The van der Waals surface area contributed by atoms with Gasteiger partial charge in [0.1, 0.15) is 12.7 Å². The predicted molar refractivity (Wildman–Crippen MR) is 96.6 cm³/mol. The van der Waals surface area contributed by atoms with E-state index in [9.17, 15) is 27.6 Å². The standard InChI is InChI=1S/C14H19N3O10S2/c1-6(18)24-5-9-10(25-7(2)19)11(26-8(3)20)12(27-9)17-14(21)15-13(28-4)16-29(17,22)23/h9-12H,5H2,1-4H3,(H,15,16,21)/t9-,10-,11-,12-/m1/s1. The molecule has 0 unspecified atom stereocenters. The van der Waals surface area contributed by atoms with Crippen LogP contribution in [-0.2, 0) is 43.5 Å². The minimum atomic E-state index is -4.57. The average Bonchev–Trinajstić information content (AvgIpc) is 2.87. The van der Waals surface area contributed by atoms with Gasteiger partial charge in [0.25, 0.3) is 0 Å². The van der Waals surface area contributed by atoms with Crippen molar-refractivity contribution >= 4 is 51.1 Å². The van der Waals surface area contributed by atoms with Gasteiger partial charge in [-0.15, -0.1) is 4.40 Å². The first-order valence-corrected chi connectivity index (χ1v) is 10.7. The normalized spacial score (nSPS) is 28.2. The Morgan fingerprint density at radius 1 is 1.14 bits per heavy atom. The quantitative estimate of drug-likeness (QED) is 0.406. The minimum absolute atomic E-state index is 0.165. The molecule has 0 bridgehead atoms. The molecule has 2 amide bonds. The number of hydrogen-bond acceptors (Lipinski definition) is 11. The third-order valence-electron chi connectivity index (χ3n) is 3.63. The van der Waals surface area contributed by atoms with Crippen LogP contribution in [0.2, 0.25) is 0 Å². The molecule has 1 fully saturated rings. The summed E-state index contributed by atoms with van der Waals surface area (Å²) in [6.07, 6.45) is -4.31. The van der Waals surface area contributed by atoms with Gasteiger partial charge in [0.15, 0.2) is 23.6 Å². The van der Waals surface area contributed by atoms with Crippen molar-refractivity contribution in [2.45, 2.75) is 45.3 Å². The third-order valence-corrected chi connectivity index (χ3v) is 5.61. The van der Waals surface area contributed by atoms with Crippen LogP contribution in [0.4, 0.5) is 4.79 Å². The number of nitrogens with zero attached hydrogens (tertiary/aromatic N) is 2. The molecule has 0 aliphatic carbocycles. The van der Waals surface area contributed by atoms with Gasteiger partial charge in [-0.1, -0.05) is 11.8 Å². The highest BCUT2D eigenvalue weighted by molar-refractivity contribution is 8.14. The molecule has 2 aliphatic rings. The molecule has 0 spiro atoms. The third kappa shape index (κ3) is 5.36. The zero-order valence-corrected chi connectivity index (χ0v) is 17.4. The molecule has 0 saturated carbocycles. The van der Waals surface area contributed by atoms with Crippen LogP contribution in [0.15, 0.2) is 4.40 Å². The second-order valence-corrected chi connectivity index (χ2v) is 8.09. The number of carbonyl (C=O) groups excluding carboxylic acids is 4. The van der Waals surface area contributed by atoms with E-state index in [2.05, 4.69) is 9.71 Å². The topological polar surface area (TPSA) is 167 Å². The lowest BCUT2D eigenvalue weighted by Gasteiger charge is -2.31. The van der Waals surface area contributed by atoms with E-state index in [0.29, 0.717) is 0 Å². The molecule has 2 heterocycles. The van der Waals surface area contributed by atoms with Gasteiger partial charge in [0, 0.05) is 20.8 Å². The summed E-state index contributed by atoms with van der Waals surface area (Å²) in [7, 11) is -4.57. The first-order valence-electron chi connectivity index (χ1n) is 8.08. The molecule has 2 aliphatic heterocycles. The van der Waals surface area contributed by atoms with E-state index in [1.54, 1.807) is 0 Å². The number of ether oxygens (including phenoxy) is 4. The number of nitrogens with one attached hydrogen (secondary N) is 1. The summed E-state index contributed by atoms with van der Waals surface area (Å²) in [5.74, 6) is -2.32. The van der Waals surface area contributed by atoms with E-state index in [-0.39, 0.29) is 9.47 Å². The molecule has 0 radical (unpaired) electrons. The fourth-order valence-electron chi connectivity index (χ4n) is 2.64. The van der Waals surface area contributed by atoms with E-state index in [4.69, 9.17) is 18.9 Å². The van der Waals surface area contributed by atoms with Crippen molar-refractivity contribution in [1.82, 2.24) is 9.62 Å². The van der Waals surface area contributed by atoms with Crippen molar-refractivity contribution in [2.75, 3.05) is 12.9 Å². The van der Waals surface area contributed by atoms with Gasteiger partial charge >= 0.3 is 34.1 Å². The molecule has 2 rings (SSSR count). The van der Waals surface area contributed by atoms with Crippen molar-refractivity contribution in [3.63, 3.8) is 0 Å². The number of urea groups is 1. The summed E-state index contributed by atoms with van der Waals surface area (Å²) in [5.41, 5.74) is 0. The van der Waals surface area contributed by atoms with Crippen LogP contribution < -0.4 is 5.32 Å². The van der Waals surface area contributed by atoms with Crippen LogP contribution in [0, 0.1) is 0 Å². The Balaban J connectivity index is 2.45. The van der Waals surface area contributed by atoms with E-state index >= 15 is 0 Å². The maximum Gasteiger partial charge on any atom is 0.353 e. The molecule has 0 aromatic carbocycles. The minimum Gasteiger partial charge on any atom is -0.463 e. The van der Waals surface area contributed by atoms with Crippen LogP contribution in [0.5, 0.6) is 0 Å². The molecule has 1 saturated heterocycles. The lowest BCUT2D eigenvalue weighted by Crippen LogP contribution is -2.57. The van der Waals surface area contributed by atoms with E-state index in [1.807, 2.05) is 0 Å². The average molecular weight is 453 g/mol. The largest absolute Gasteiger partial charge is 0.463 e. The summed E-state index contributed by atoms with van der Waals surface area (Å²) in [6.45, 7) is 2.78. The van der Waals surface area contributed by atoms with Crippen LogP contribution >= 0.6 is 11.8 Å². The Labute approximate surface area is 170 Å². The smallest absolute Gasteiger partial charge is 0.353 e. The zero-order valence-electron chi connectivity index (χ0n) is 15.8. The molecule has 1 N–H and O–H groups in total. The Morgan fingerprint density at radius 3 is 2.21 bits per heavy atom. The summed E-state index contributed by atoms with van der Waals surface area (Å²) in [5, 5.41) is 2.08. The number of amidine groups is 1. The highest BCUT2D eigenvalue weighted by Gasteiger charge is 2.56. The highest BCUT2D eigenvalue weighted by Crippen LogP contribution is 2.32. The maximum absolute atomic E-state index is 12.5. The van der Waals surface area contributed by atoms with Gasteiger partial charge in [-0.25, -0.2) is 4.79 Å². The van der Waals surface area contributed by atoms with Crippen molar-refractivity contribution in [1.29, 1.82) is 0 Å². The lowest BCUT2D eigenvalue weighted by atomic mass is 10.1. The Morgan fingerprint density at radius 2 is 1.72 bits per heavy atom. The molecule has 29 heavy (non-hydrogen) atoms. The first kappa shape index (κ1) is 22.9. The van der Waals surface area contributed by atoms with Crippen LogP contribution in [0.3, 0.4) is 0 Å². The monoisotopic (exact) mass is 453 g/mol. The van der Waals surface area contributed by atoms with E-state index in [0.717, 1.165) is 32.5 Å². The van der Waals surface area contributed by atoms with Gasteiger partial charge in [-0.3, -0.25) is 19.7 Å².